The lowest BCUT2D eigenvalue weighted by Gasteiger charge is -2.37. The van der Waals surface area contributed by atoms with Crippen LogP contribution in [0, 0.1) is 17.8 Å². The molecule has 2 heterocycles. The molecule has 62 valence electrons. The third-order valence-corrected chi connectivity index (χ3v) is 3.93. The first-order valence-electron chi connectivity index (χ1n) is 5.13. The molecule has 2 saturated heterocycles. The molecular formula is C10H17N. The van der Waals surface area contributed by atoms with Gasteiger partial charge in [-0.15, -0.1) is 0 Å². The fourth-order valence-electron chi connectivity index (χ4n) is 3.66. The maximum atomic E-state index is 3.70. The van der Waals surface area contributed by atoms with E-state index < -0.39 is 0 Å². The molecule has 4 fully saturated rings. The van der Waals surface area contributed by atoms with Gasteiger partial charge in [-0.3, -0.25) is 0 Å². The molecule has 0 amide bonds. The molecule has 4 bridgehead atoms. The summed E-state index contributed by atoms with van der Waals surface area (Å²) in [6.45, 7) is 1.33. The standard InChI is InChI=1S/C10H17N/c1-7-2-9-3-8(1)5-10(4-7)11-6-9/h7-11H,1-6H2/t7-,8-,9?,10?/m1/s1. The molecule has 4 aliphatic rings. The molecule has 0 spiro atoms. The van der Waals surface area contributed by atoms with Gasteiger partial charge in [0.1, 0.15) is 0 Å². The van der Waals surface area contributed by atoms with Crippen LogP contribution in [0.25, 0.3) is 0 Å². The summed E-state index contributed by atoms with van der Waals surface area (Å²) in [5.41, 5.74) is 0. The predicted octanol–water partition coefficient (Wildman–Crippen LogP) is 1.78. The van der Waals surface area contributed by atoms with Crippen LogP contribution in [-0.4, -0.2) is 12.6 Å². The Balaban J connectivity index is 1.90. The first kappa shape index (κ1) is 6.47. The van der Waals surface area contributed by atoms with E-state index in [4.69, 9.17) is 0 Å². The smallest absolute Gasteiger partial charge is 0.00724 e. The molecular weight excluding hydrogens is 134 g/mol. The highest BCUT2D eigenvalue weighted by molar-refractivity contribution is 4.93. The van der Waals surface area contributed by atoms with Crippen LogP contribution in [0.5, 0.6) is 0 Å². The van der Waals surface area contributed by atoms with Crippen molar-refractivity contribution in [3.05, 3.63) is 0 Å². The molecule has 0 unspecified atom stereocenters. The van der Waals surface area contributed by atoms with Crippen molar-refractivity contribution in [2.24, 2.45) is 17.8 Å². The van der Waals surface area contributed by atoms with Gasteiger partial charge in [0, 0.05) is 6.04 Å². The van der Waals surface area contributed by atoms with E-state index in [2.05, 4.69) is 5.32 Å². The lowest BCUT2D eigenvalue weighted by molar-refractivity contribution is 0.156. The maximum absolute atomic E-state index is 3.70. The van der Waals surface area contributed by atoms with E-state index >= 15 is 0 Å². The number of hydrogen-bond donors (Lipinski definition) is 1. The van der Waals surface area contributed by atoms with Crippen LogP contribution >= 0.6 is 0 Å². The van der Waals surface area contributed by atoms with E-state index in [1.165, 1.54) is 19.4 Å². The average Bonchev–Trinajstić information content (AvgIpc) is 2.18. The van der Waals surface area contributed by atoms with Gasteiger partial charge in [-0.2, -0.15) is 0 Å². The highest BCUT2D eigenvalue weighted by Gasteiger charge is 2.38. The van der Waals surface area contributed by atoms with Crippen molar-refractivity contribution in [2.75, 3.05) is 6.54 Å². The highest BCUT2D eigenvalue weighted by Crippen LogP contribution is 2.44. The second-order valence-electron chi connectivity index (χ2n) is 4.88. The molecule has 4 rings (SSSR count). The molecule has 2 saturated carbocycles. The van der Waals surface area contributed by atoms with Gasteiger partial charge in [0.15, 0.2) is 0 Å². The summed E-state index contributed by atoms with van der Waals surface area (Å²) in [5, 5.41) is 3.70. The molecule has 1 N–H and O–H groups in total. The fraction of sp³-hybridized carbons (Fsp3) is 1.00. The Hall–Kier alpha value is -0.0400. The van der Waals surface area contributed by atoms with Gasteiger partial charge < -0.3 is 5.32 Å². The normalized spacial score (nSPS) is 54.5. The summed E-state index contributed by atoms with van der Waals surface area (Å²) in [5.74, 6) is 3.26. The predicted molar refractivity (Wildman–Crippen MR) is 45.3 cm³/mol. The van der Waals surface area contributed by atoms with Gasteiger partial charge >= 0.3 is 0 Å². The molecule has 0 aromatic heterocycles. The lowest BCUT2D eigenvalue weighted by atomic mass is 9.68. The Morgan fingerprint density at radius 1 is 0.727 bits per heavy atom. The van der Waals surface area contributed by atoms with Crippen molar-refractivity contribution >= 4 is 0 Å². The van der Waals surface area contributed by atoms with E-state index in [1.54, 1.807) is 19.3 Å². The summed E-state index contributed by atoms with van der Waals surface area (Å²) in [6.07, 6.45) is 7.63. The van der Waals surface area contributed by atoms with E-state index in [0.717, 1.165) is 23.8 Å². The average molecular weight is 151 g/mol. The zero-order valence-corrected chi connectivity index (χ0v) is 7.05. The van der Waals surface area contributed by atoms with Gasteiger partial charge in [-0.1, -0.05) is 0 Å². The van der Waals surface area contributed by atoms with Gasteiger partial charge in [0.25, 0.3) is 0 Å². The lowest BCUT2D eigenvalue weighted by Crippen LogP contribution is -2.33. The molecule has 1 nitrogen and oxygen atoms in total. The highest BCUT2D eigenvalue weighted by atomic mass is 14.9. The number of rotatable bonds is 0. The van der Waals surface area contributed by atoms with Gasteiger partial charge in [0.05, 0.1) is 0 Å². The SMILES string of the molecule is C1NC2C[C@H]3CC1C[C@H](C2)C3. The molecule has 0 aromatic carbocycles. The molecule has 0 radical (unpaired) electrons. The summed E-state index contributed by atoms with van der Waals surface area (Å²) in [7, 11) is 0. The third-order valence-electron chi connectivity index (χ3n) is 3.93. The van der Waals surface area contributed by atoms with E-state index in [-0.39, 0.29) is 0 Å². The summed E-state index contributed by atoms with van der Waals surface area (Å²) < 4.78 is 0. The fourth-order valence-corrected chi connectivity index (χ4v) is 3.66. The number of nitrogens with one attached hydrogen (secondary N) is 1. The minimum Gasteiger partial charge on any atom is -0.314 e. The Morgan fingerprint density at radius 2 is 1.36 bits per heavy atom. The summed E-state index contributed by atoms with van der Waals surface area (Å²) >= 11 is 0. The van der Waals surface area contributed by atoms with E-state index in [9.17, 15) is 0 Å². The second-order valence-corrected chi connectivity index (χ2v) is 4.88. The summed E-state index contributed by atoms with van der Waals surface area (Å²) in [4.78, 5) is 0. The number of hydrogen-bond acceptors (Lipinski definition) is 1. The quantitative estimate of drug-likeness (QED) is 0.556. The Labute approximate surface area is 68.6 Å². The zero-order valence-electron chi connectivity index (χ0n) is 7.05. The second kappa shape index (κ2) is 2.22. The monoisotopic (exact) mass is 151 g/mol. The van der Waals surface area contributed by atoms with Gasteiger partial charge in [-0.05, 0) is 56.4 Å². The molecule has 1 heteroatoms. The zero-order chi connectivity index (χ0) is 7.26. The Morgan fingerprint density at radius 3 is 2.09 bits per heavy atom. The van der Waals surface area contributed by atoms with Crippen LogP contribution in [0.3, 0.4) is 0 Å². The van der Waals surface area contributed by atoms with Crippen molar-refractivity contribution in [3.8, 4) is 0 Å². The summed E-state index contributed by atoms with van der Waals surface area (Å²) in [6, 6.07) is 0.909. The van der Waals surface area contributed by atoms with Crippen LogP contribution in [0.1, 0.15) is 32.1 Å². The Bertz CT molecular complexity index is 132. The van der Waals surface area contributed by atoms with Crippen LogP contribution in [0.15, 0.2) is 0 Å². The van der Waals surface area contributed by atoms with E-state index in [0.29, 0.717) is 0 Å². The van der Waals surface area contributed by atoms with Crippen LogP contribution in [0.4, 0.5) is 0 Å². The minimum atomic E-state index is 0.909. The van der Waals surface area contributed by atoms with Gasteiger partial charge in [0.2, 0.25) is 0 Å². The maximum Gasteiger partial charge on any atom is 0.00724 e. The van der Waals surface area contributed by atoms with Crippen LogP contribution in [-0.2, 0) is 0 Å². The third kappa shape index (κ3) is 1.01. The topological polar surface area (TPSA) is 12.0 Å². The van der Waals surface area contributed by atoms with E-state index in [1.807, 2.05) is 0 Å². The van der Waals surface area contributed by atoms with Crippen molar-refractivity contribution in [1.29, 1.82) is 0 Å². The molecule has 2 aliphatic carbocycles. The van der Waals surface area contributed by atoms with Gasteiger partial charge in [-0.25, -0.2) is 0 Å². The van der Waals surface area contributed by atoms with Crippen molar-refractivity contribution in [3.63, 3.8) is 0 Å². The first-order chi connectivity index (χ1) is 5.40. The minimum absolute atomic E-state index is 0.909. The van der Waals surface area contributed by atoms with Crippen molar-refractivity contribution in [2.45, 2.75) is 38.1 Å². The van der Waals surface area contributed by atoms with Crippen LogP contribution < -0.4 is 5.32 Å². The largest absolute Gasteiger partial charge is 0.314 e. The first-order valence-corrected chi connectivity index (χ1v) is 5.13. The molecule has 2 aliphatic heterocycles. The van der Waals surface area contributed by atoms with Crippen molar-refractivity contribution in [1.82, 2.24) is 5.32 Å². The molecule has 2 atom stereocenters. The Kier molecular flexibility index (Phi) is 1.31. The molecule has 0 aromatic rings. The van der Waals surface area contributed by atoms with Crippen LogP contribution in [0.2, 0.25) is 0 Å². The molecule has 11 heavy (non-hydrogen) atoms. The number of fused-ring (bicyclic) bond motifs is 1. The van der Waals surface area contributed by atoms with Crippen molar-refractivity contribution < 1.29 is 0 Å².